The molecule has 100 valence electrons. The molecule has 0 unspecified atom stereocenters. The van der Waals surface area contributed by atoms with Gasteiger partial charge in [0.15, 0.2) is 0 Å². The third kappa shape index (κ3) is 3.33. The fraction of sp³-hybridized carbons (Fsp3) is 0.625. The summed E-state index contributed by atoms with van der Waals surface area (Å²) in [6.07, 6.45) is 3.39. The highest BCUT2D eigenvalue weighted by Crippen LogP contribution is 2.30. The van der Waals surface area contributed by atoms with Crippen LogP contribution >= 0.6 is 0 Å². The summed E-state index contributed by atoms with van der Waals surface area (Å²) in [5, 5.41) is 0. The van der Waals surface area contributed by atoms with Gasteiger partial charge < -0.3 is 9.47 Å². The van der Waals surface area contributed by atoms with Crippen molar-refractivity contribution in [3.63, 3.8) is 0 Å². The molecular formula is C16H24O2. The number of hydrogen-bond acceptors (Lipinski definition) is 2. The highest BCUT2D eigenvalue weighted by Gasteiger charge is 2.18. The predicted molar refractivity (Wildman–Crippen MR) is 73.9 cm³/mol. The minimum absolute atomic E-state index is 0.671. The van der Waals surface area contributed by atoms with Crippen molar-refractivity contribution in [1.29, 1.82) is 0 Å². The molecule has 1 aromatic rings. The van der Waals surface area contributed by atoms with Crippen molar-refractivity contribution < 1.29 is 9.47 Å². The molecule has 1 fully saturated rings. The van der Waals surface area contributed by atoms with E-state index < -0.39 is 0 Å². The van der Waals surface area contributed by atoms with Crippen LogP contribution in [0.4, 0.5) is 0 Å². The van der Waals surface area contributed by atoms with E-state index in [4.69, 9.17) is 9.47 Å². The van der Waals surface area contributed by atoms with Gasteiger partial charge in [-0.25, -0.2) is 0 Å². The molecule has 0 aliphatic carbocycles. The monoisotopic (exact) mass is 248 g/mol. The first-order chi connectivity index (χ1) is 8.83. The van der Waals surface area contributed by atoms with E-state index in [9.17, 15) is 0 Å². The van der Waals surface area contributed by atoms with Crippen molar-refractivity contribution in [3.8, 4) is 0 Å². The minimum Gasteiger partial charge on any atom is -0.381 e. The van der Waals surface area contributed by atoms with E-state index >= 15 is 0 Å². The molecular weight excluding hydrogens is 224 g/mol. The van der Waals surface area contributed by atoms with Gasteiger partial charge in [-0.3, -0.25) is 0 Å². The number of hydrogen-bond donors (Lipinski definition) is 0. The molecule has 18 heavy (non-hydrogen) atoms. The second-order valence-corrected chi connectivity index (χ2v) is 5.07. The second kappa shape index (κ2) is 6.91. The highest BCUT2D eigenvalue weighted by atomic mass is 16.5. The van der Waals surface area contributed by atoms with Crippen LogP contribution < -0.4 is 0 Å². The van der Waals surface area contributed by atoms with Gasteiger partial charge in [0.05, 0.1) is 6.61 Å². The lowest BCUT2D eigenvalue weighted by Gasteiger charge is -2.25. The average molecular weight is 248 g/mol. The van der Waals surface area contributed by atoms with Crippen LogP contribution in [-0.4, -0.2) is 19.8 Å². The molecule has 1 aliphatic heterocycles. The molecule has 1 saturated heterocycles. The van der Waals surface area contributed by atoms with Gasteiger partial charge >= 0.3 is 0 Å². The standard InChI is InChI=1S/C16H24O2/c1-3-9-18-12-15-5-4-6-16(13(15)2)14-7-10-17-11-8-14/h4-6,14H,3,7-12H2,1-2H3. The van der Waals surface area contributed by atoms with Gasteiger partial charge in [-0.1, -0.05) is 25.1 Å². The van der Waals surface area contributed by atoms with E-state index in [0.29, 0.717) is 5.92 Å². The summed E-state index contributed by atoms with van der Waals surface area (Å²) in [7, 11) is 0. The molecule has 1 aromatic carbocycles. The quantitative estimate of drug-likeness (QED) is 0.738. The Morgan fingerprint density at radius 2 is 2.06 bits per heavy atom. The largest absolute Gasteiger partial charge is 0.381 e. The summed E-state index contributed by atoms with van der Waals surface area (Å²) in [6, 6.07) is 6.63. The molecule has 0 spiro atoms. The van der Waals surface area contributed by atoms with Gasteiger partial charge in [0.25, 0.3) is 0 Å². The first-order valence-electron chi connectivity index (χ1n) is 7.06. The molecule has 0 saturated carbocycles. The van der Waals surface area contributed by atoms with Crippen LogP contribution in [-0.2, 0) is 16.1 Å². The summed E-state index contributed by atoms with van der Waals surface area (Å²) in [5.74, 6) is 0.671. The maximum Gasteiger partial charge on any atom is 0.0719 e. The van der Waals surface area contributed by atoms with Crippen LogP contribution in [0, 0.1) is 6.92 Å². The third-order valence-corrected chi connectivity index (χ3v) is 3.76. The van der Waals surface area contributed by atoms with E-state index in [0.717, 1.165) is 45.7 Å². The molecule has 0 atom stereocenters. The maximum atomic E-state index is 5.67. The van der Waals surface area contributed by atoms with Crippen LogP contribution in [0.25, 0.3) is 0 Å². The zero-order valence-corrected chi connectivity index (χ0v) is 11.6. The molecule has 1 aliphatic rings. The van der Waals surface area contributed by atoms with Gasteiger partial charge in [0.2, 0.25) is 0 Å². The number of ether oxygens (including phenoxy) is 2. The van der Waals surface area contributed by atoms with Crippen LogP contribution in [0.15, 0.2) is 18.2 Å². The zero-order valence-electron chi connectivity index (χ0n) is 11.6. The Balaban J connectivity index is 2.08. The van der Waals surface area contributed by atoms with Crippen LogP contribution in [0.2, 0.25) is 0 Å². The van der Waals surface area contributed by atoms with E-state index in [-0.39, 0.29) is 0 Å². The van der Waals surface area contributed by atoms with Crippen molar-refractivity contribution in [2.24, 2.45) is 0 Å². The predicted octanol–water partition coefficient (Wildman–Crippen LogP) is 3.82. The maximum absolute atomic E-state index is 5.67. The van der Waals surface area contributed by atoms with Gasteiger partial charge in [0.1, 0.15) is 0 Å². The number of benzene rings is 1. The Morgan fingerprint density at radius 3 is 2.78 bits per heavy atom. The van der Waals surface area contributed by atoms with Crippen LogP contribution in [0.1, 0.15) is 48.8 Å². The molecule has 0 amide bonds. The summed E-state index contributed by atoms with van der Waals surface area (Å²) >= 11 is 0. The van der Waals surface area contributed by atoms with Crippen LogP contribution in [0.3, 0.4) is 0 Å². The minimum atomic E-state index is 0.671. The Bertz CT molecular complexity index is 367. The lowest BCUT2D eigenvalue weighted by molar-refractivity contribution is 0.0850. The Hall–Kier alpha value is -0.860. The van der Waals surface area contributed by atoms with Crippen LogP contribution in [0.5, 0.6) is 0 Å². The number of rotatable bonds is 5. The topological polar surface area (TPSA) is 18.5 Å². The molecule has 1 heterocycles. The average Bonchev–Trinajstić information content (AvgIpc) is 2.42. The van der Waals surface area contributed by atoms with Gasteiger partial charge in [0, 0.05) is 19.8 Å². The van der Waals surface area contributed by atoms with Crippen molar-refractivity contribution in [2.75, 3.05) is 19.8 Å². The van der Waals surface area contributed by atoms with E-state index in [2.05, 4.69) is 32.0 Å². The van der Waals surface area contributed by atoms with Crippen molar-refractivity contribution >= 4 is 0 Å². The molecule has 0 aromatic heterocycles. The van der Waals surface area contributed by atoms with E-state index in [1.807, 2.05) is 0 Å². The molecule has 2 rings (SSSR count). The first kappa shape index (κ1) is 13.6. The van der Waals surface area contributed by atoms with Crippen molar-refractivity contribution in [2.45, 2.75) is 45.6 Å². The summed E-state index contributed by atoms with van der Waals surface area (Å²) in [6.45, 7) is 7.78. The second-order valence-electron chi connectivity index (χ2n) is 5.07. The summed E-state index contributed by atoms with van der Waals surface area (Å²) in [5.41, 5.74) is 4.25. The lowest BCUT2D eigenvalue weighted by Crippen LogP contribution is -2.15. The SMILES string of the molecule is CCCOCc1cccc(C2CCOCC2)c1C. The lowest BCUT2D eigenvalue weighted by atomic mass is 9.87. The fourth-order valence-electron chi connectivity index (χ4n) is 2.64. The fourth-order valence-corrected chi connectivity index (χ4v) is 2.64. The summed E-state index contributed by atoms with van der Waals surface area (Å²) in [4.78, 5) is 0. The Kier molecular flexibility index (Phi) is 5.21. The zero-order chi connectivity index (χ0) is 12.8. The summed E-state index contributed by atoms with van der Waals surface area (Å²) < 4.78 is 11.1. The molecule has 0 N–H and O–H groups in total. The van der Waals surface area contributed by atoms with E-state index in [1.54, 1.807) is 0 Å². The van der Waals surface area contributed by atoms with E-state index in [1.165, 1.54) is 16.7 Å². The normalized spacial score (nSPS) is 17.0. The Morgan fingerprint density at radius 1 is 1.28 bits per heavy atom. The molecule has 2 nitrogen and oxygen atoms in total. The van der Waals surface area contributed by atoms with Crippen molar-refractivity contribution in [3.05, 3.63) is 34.9 Å². The highest BCUT2D eigenvalue weighted by molar-refractivity contribution is 5.36. The smallest absolute Gasteiger partial charge is 0.0719 e. The van der Waals surface area contributed by atoms with Gasteiger partial charge in [-0.15, -0.1) is 0 Å². The first-order valence-corrected chi connectivity index (χ1v) is 7.06. The molecule has 2 heteroatoms. The van der Waals surface area contributed by atoms with Crippen molar-refractivity contribution in [1.82, 2.24) is 0 Å². The molecule has 0 radical (unpaired) electrons. The van der Waals surface area contributed by atoms with Gasteiger partial charge in [-0.05, 0) is 48.8 Å². The molecule has 0 bridgehead atoms. The third-order valence-electron chi connectivity index (χ3n) is 3.76. The van der Waals surface area contributed by atoms with Gasteiger partial charge in [-0.2, -0.15) is 0 Å². The Labute approximate surface area is 110 Å².